The molecule has 4 rings (SSSR count). The van der Waals surface area contributed by atoms with Crippen molar-refractivity contribution in [1.29, 1.82) is 0 Å². The number of hydrogen-bond donors (Lipinski definition) is 5. The quantitative estimate of drug-likeness (QED) is 0.346. The highest BCUT2D eigenvalue weighted by Crippen LogP contribution is 2.52. The van der Waals surface area contributed by atoms with Crippen LogP contribution in [-0.2, 0) is 27.2 Å². The predicted molar refractivity (Wildman–Crippen MR) is 115 cm³/mol. The number of rotatable bonds is 5. The van der Waals surface area contributed by atoms with Gasteiger partial charge in [-0.3, -0.25) is 14.4 Å². The summed E-state index contributed by atoms with van der Waals surface area (Å²) in [5, 5.41) is 43.3. The van der Waals surface area contributed by atoms with E-state index >= 15 is 0 Å². The van der Waals surface area contributed by atoms with Gasteiger partial charge >= 0.3 is 0 Å². The highest BCUT2D eigenvalue weighted by atomic mass is 16.3. The lowest BCUT2D eigenvalue weighted by molar-refractivity contribution is -0.147. The number of aliphatic hydroxyl groups is 3. The van der Waals surface area contributed by atoms with E-state index in [0.717, 1.165) is 36.8 Å². The summed E-state index contributed by atoms with van der Waals surface area (Å²) in [5.74, 6) is -6.04. The molecule has 1 aromatic carbocycles. The van der Waals surface area contributed by atoms with Crippen LogP contribution >= 0.6 is 0 Å². The molecule has 0 saturated heterocycles. The van der Waals surface area contributed by atoms with Gasteiger partial charge in [-0.05, 0) is 48.8 Å². The normalized spacial score (nSPS) is 27.2. The SMILES string of the molecule is CCCCCc1ccc(O)c2c1CC1CC3CC(=O)C(C(N)=O)=C(O)C3(O)C(=O)C1=C2O. The van der Waals surface area contributed by atoms with Gasteiger partial charge in [0.2, 0.25) is 5.78 Å². The molecule has 32 heavy (non-hydrogen) atoms. The summed E-state index contributed by atoms with van der Waals surface area (Å²) in [6.45, 7) is 2.10. The van der Waals surface area contributed by atoms with Crippen molar-refractivity contribution < 1.29 is 34.8 Å². The van der Waals surface area contributed by atoms with Gasteiger partial charge in [-0.2, -0.15) is 0 Å². The Hall–Kier alpha value is -3.13. The maximum Gasteiger partial charge on any atom is 0.255 e. The molecule has 1 aromatic rings. The molecule has 8 heteroatoms. The van der Waals surface area contributed by atoms with Crippen LogP contribution in [0.15, 0.2) is 29.0 Å². The summed E-state index contributed by atoms with van der Waals surface area (Å²) in [6.07, 6.45) is 3.97. The number of amides is 1. The van der Waals surface area contributed by atoms with Crippen LogP contribution in [0.25, 0.3) is 5.76 Å². The highest BCUT2D eigenvalue weighted by Gasteiger charge is 2.60. The van der Waals surface area contributed by atoms with Gasteiger partial charge in [-0.25, -0.2) is 0 Å². The van der Waals surface area contributed by atoms with E-state index in [1.165, 1.54) is 6.07 Å². The fourth-order valence-corrected chi connectivity index (χ4v) is 5.49. The molecule has 3 aliphatic carbocycles. The van der Waals surface area contributed by atoms with E-state index in [0.29, 0.717) is 6.42 Å². The Bertz CT molecular complexity index is 1100. The average Bonchev–Trinajstić information content (AvgIpc) is 2.72. The number of Topliss-reactive ketones (excluding diaryl/α,β-unsaturated/α-hetero) is 2. The Labute approximate surface area is 185 Å². The summed E-state index contributed by atoms with van der Waals surface area (Å²) in [5.41, 5.74) is 3.66. The number of carbonyl (C=O) groups is 3. The number of phenolic OH excluding ortho intramolecular Hbond substituents is 1. The first kappa shape index (κ1) is 22.1. The second kappa shape index (κ2) is 7.78. The summed E-state index contributed by atoms with van der Waals surface area (Å²) >= 11 is 0. The van der Waals surface area contributed by atoms with E-state index in [2.05, 4.69) is 6.92 Å². The molecular weight excluding hydrogens is 414 g/mol. The highest BCUT2D eigenvalue weighted by molar-refractivity contribution is 6.22. The number of aromatic hydroxyl groups is 1. The third-order valence-corrected chi connectivity index (χ3v) is 7.09. The monoisotopic (exact) mass is 441 g/mol. The molecule has 6 N–H and O–H groups in total. The minimum Gasteiger partial charge on any atom is -0.508 e. The van der Waals surface area contributed by atoms with Crippen molar-refractivity contribution in [3.8, 4) is 5.75 Å². The summed E-state index contributed by atoms with van der Waals surface area (Å²) < 4.78 is 0. The smallest absolute Gasteiger partial charge is 0.255 e. The number of hydrogen-bond acceptors (Lipinski definition) is 7. The van der Waals surface area contributed by atoms with Crippen molar-refractivity contribution in [3.63, 3.8) is 0 Å². The maximum atomic E-state index is 13.4. The number of primary amides is 1. The number of unbranched alkanes of at least 4 members (excludes halogenated alkanes) is 2. The molecule has 3 aliphatic rings. The topological polar surface area (TPSA) is 158 Å². The molecule has 0 aromatic heterocycles. The van der Waals surface area contributed by atoms with Crippen molar-refractivity contribution in [2.75, 3.05) is 0 Å². The number of benzene rings is 1. The number of ketones is 2. The number of fused-ring (bicyclic) bond motifs is 3. The van der Waals surface area contributed by atoms with Gasteiger partial charge in [0, 0.05) is 17.9 Å². The van der Waals surface area contributed by atoms with Crippen molar-refractivity contribution in [1.82, 2.24) is 0 Å². The van der Waals surface area contributed by atoms with E-state index in [4.69, 9.17) is 5.73 Å². The van der Waals surface area contributed by atoms with Crippen LogP contribution in [0.1, 0.15) is 55.7 Å². The van der Waals surface area contributed by atoms with Crippen LogP contribution in [0.2, 0.25) is 0 Å². The number of aliphatic hydroxyl groups excluding tert-OH is 2. The first-order chi connectivity index (χ1) is 15.1. The van der Waals surface area contributed by atoms with Crippen LogP contribution in [-0.4, -0.2) is 43.5 Å². The lowest BCUT2D eigenvalue weighted by atomic mass is 9.59. The molecule has 1 saturated carbocycles. The largest absolute Gasteiger partial charge is 0.508 e. The molecule has 0 radical (unpaired) electrons. The molecule has 0 heterocycles. The zero-order valence-corrected chi connectivity index (χ0v) is 17.9. The van der Waals surface area contributed by atoms with Crippen molar-refractivity contribution in [3.05, 3.63) is 45.7 Å². The van der Waals surface area contributed by atoms with Gasteiger partial charge in [-0.1, -0.05) is 25.8 Å². The number of nitrogens with two attached hydrogens (primary N) is 1. The fourth-order valence-electron chi connectivity index (χ4n) is 5.49. The second-order valence-electron chi connectivity index (χ2n) is 8.96. The van der Waals surface area contributed by atoms with E-state index in [-0.39, 0.29) is 29.7 Å². The van der Waals surface area contributed by atoms with Gasteiger partial charge < -0.3 is 26.2 Å². The predicted octanol–water partition coefficient (Wildman–Crippen LogP) is 2.16. The van der Waals surface area contributed by atoms with E-state index in [1.807, 2.05) is 6.07 Å². The average molecular weight is 441 g/mol. The first-order valence-corrected chi connectivity index (χ1v) is 10.9. The maximum absolute atomic E-state index is 13.4. The standard InChI is InChI=1S/C24H27NO7/c1-2-3-4-5-11-6-7-15(26)18-14(11)9-12-8-13-10-16(27)19(23(25)31)22(30)24(13,32)21(29)17(12)20(18)28/h6-7,12-13,26,28,30,32H,2-5,8-10H2,1H3,(H2,25,31). The lowest BCUT2D eigenvalue weighted by Crippen LogP contribution is -2.58. The van der Waals surface area contributed by atoms with Gasteiger partial charge in [0.05, 0.1) is 5.56 Å². The van der Waals surface area contributed by atoms with Crippen molar-refractivity contribution in [2.24, 2.45) is 17.6 Å². The minimum absolute atomic E-state index is 0.109. The Balaban J connectivity index is 1.85. The molecular formula is C24H27NO7. The molecule has 3 unspecified atom stereocenters. The Morgan fingerprint density at radius 1 is 1.16 bits per heavy atom. The Morgan fingerprint density at radius 3 is 2.53 bits per heavy atom. The number of carbonyl (C=O) groups excluding carboxylic acids is 3. The van der Waals surface area contributed by atoms with Gasteiger partial charge in [0.15, 0.2) is 11.4 Å². The molecule has 8 nitrogen and oxygen atoms in total. The van der Waals surface area contributed by atoms with Crippen LogP contribution < -0.4 is 5.73 Å². The van der Waals surface area contributed by atoms with E-state index in [1.54, 1.807) is 0 Å². The van der Waals surface area contributed by atoms with Crippen molar-refractivity contribution >= 4 is 23.2 Å². The Kier molecular flexibility index (Phi) is 5.36. The molecule has 170 valence electrons. The zero-order valence-electron chi connectivity index (χ0n) is 17.9. The second-order valence-corrected chi connectivity index (χ2v) is 8.96. The molecule has 1 fully saturated rings. The minimum atomic E-state index is -2.52. The van der Waals surface area contributed by atoms with Crippen LogP contribution in [0.4, 0.5) is 0 Å². The first-order valence-electron chi connectivity index (χ1n) is 10.9. The van der Waals surface area contributed by atoms with E-state index < -0.39 is 52.0 Å². The van der Waals surface area contributed by atoms with Crippen molar-refractivity contribution in [2.45, 2.75) is 57.5 Å². The molecule has 0 aliphatic heterocycles. The van der Waals surface area contributed by atoms with E-state index in [9.17, 15) is 34.8 Å². The third kappa shape index (κ3) is 3.04. The molecule has 0 bridgehead atoms. The Morgan fingerprint density at radius 2 is 1.88 bits per heavy atom. The summed E-state index contributed by atoms with van der Waals surface area (Å²) in [6, 6.07) is 3.30. The summed E-state index contributed by atoms with van der Waals surface area (Å²) in [7, 11) is 0. The van der Waals surface area contributed by atoms with Crippen LogP contribution in [0.3, 0.4) is 0 Å². The lowest BCUT2D eigenvalue weighted by Gasteiger charge is -2.46. The fraction of sp³-hybridized carbons (Fsp3) is 0.458. The van der Waals surface area contributed by atoms with Crippen LogP contribution in [0, 0.1) is 11.8 Å². The molecule has 1 amide bonds. The third-order valence-electron chi connectivity index (χ3n) is 7.09. The molecule has 0 spiro atoms. The molecule has 3 atom stereocenters. The zero-order chi connectivity index (χ0) is 23.4. The van der Waals surface area contributed by atoms with Gasteiger partial charge in [0.1, 0.15) is 22.8 Å². The van der Waals surface area contributed by atoms with Gasteiger partial charge in [0.25, 0.3) is 5.91 Å². The van der Waals surface area contributed by atoms with Crippen LogP contribution in [0.5, 0.6) is 5.75 Å². The summed E-state index contributed by atoms with van der Waals surface area (Å²) in [4.78, 5) is 37.5. The number of aryl methyl sites for hydroxylation is 1. The van der Waals surface area contributed by atoms with Gasteiger partial charge in [-0.15, -0.1) is 0 Å². The number of phenols is 1.